The van der Waals surface area contributed by atoms with Crippen molar-refractivity contribution in [1.29, 1.82) is 0 Å². The zero-order valence-corrected chi connectivity index (χ0v) is 37.3. The van der Waals surface area contributed by atoms with Gasteiger partial charge in [0.05, 0.1) is 6.61 Å². The Labute approximate surface area is 352 Å². The van der Waals surface area contributed by atoms with E-state index >= 15 is 0 Å². The van der Waals surface area contributed by atoms with Gasteiger partial charge >= 0.3 is 27.6 Å². The number of aliphatic hydroxyl groups excluding tert-OH is 4. The number of esters is 2. The predicted octanol–water partition coefficient (Wildman–Crippen LogP) is 6.39. The van der Waals surface area contributed by atoms with E-state index in [2.05, 4.69) is 11.4 Å². The molecule has 9 N–H and O–H groups in total. The van der Waals surface area contributed by atoms with Gasteiger partial charge < -0.3 is 50.3 Å². The second kappa shape index (κ2) is 33.5. The van der Waals surface area contributed by atoms with E-state index in [4.69, 9.17) is 34.0 Å². The average molecular weight is 892 g/mol. The van der Waals surface area contributed by atoms with Crippen LogP contribution in [0.1, 0.15) is 180 Å². The van der Waals surface area contributed by atoms with Gasteiger partial charge in [-0.15, -0.1) is 0 Å². The molecule has 0 bridgehead atoms. The number of carbonyl (C=O) groups is 2. The van der Waals surface area contributed by atoms with Crippen molar-refractivity contribution in [2.24, 2.45) is 5.73 Å². The van der Waals surface area contributed by atoms with E-state index in [1.54, 1.807) is 0 Å². The summed E-state index contributed by atoms with van der Waals surface area (Å²) >= 11 is 0. The van der Waals surface area contributed by atoms with Crippen LogP contribution in [-0.2, 0) is 41.8 Å². The Bertz CT molecular complexity index is 1160. The summed E-state index contributed by atoms with van der Waals surface area (Å²) < 4.78 is 49.0. The van der Waals surface area contributed by atoms with Crippen molar-refractivity contribution in [3.05, 3.63) is 0 Å². The standard InChI is InChI=1S/C40H79NO16P2/c1-2-3-4-5-6-7-8-9-13-16-19-22-25-28-34(43)55-32(30-53-33(42)27-24-21-18-15-12-10-11-14-17-20-23-26-29-41)31-54-59(51,52)57-40-37(46)35(44)39(36(45)38(40)47)56-58(48,49)50/h32,35-40,44-47H,2-31,41H2,1H3,(H,51,52)(H2,48,49,50)/t32-,35-,36+,37+,38?,39?,40?/m0/s1. The Kier molecular flexibility index (Phi) is 31.8. The van der Waals surface area contributed by atoms with Crippen molar-refractivity contribution >= 4 is 27.6 Å². The largest absolute Gasteiger partial charge is 0.472 e. The van der Waals surface area contributed by atoms with Crippen LogP contribution in [0.4, 0.5) is 0 Å². The van der Waals surface area contributed by atoms with Crippen molar-refractivity contribution in [2.45, 2.75) is 223 Å². The molecule has 1 fully saturated rings. The van der Waals surface area contributed by atoms with Gasteiger partial charge in [-0.3, -0.25) is 23.2 Å². The minimum Gasteiger partial charge on any atom is -0.462 e. The molecule has 1 aliphatic rings. The van der Waals surface area contributed by atoms with Crippen molar-refractivity contribution in [1.82, 2.24) is 0 Å². The average Bonchev–Trinajstić information content (AvgIpc) is 3.18. The van der Waals surface area contributed by atoms with Gasteiger partial charge in [-0.05, 0) is 25.8 Å². The quantitative estimate of drug-likeness (QED) is 0.0189. The highest BCUT2D eigenvalue weighted by Crippen LogP contribution is 2.48. The van der Waals surface area contributed by atoms with Crippen LogP contribution in [0.2, 0.25) is 0 Å². The molecule has 0 aromatic carbocycles. The van der Waals surface area contributed by atoms with E-state index in [-0.39, 0.29) is 12.8 Å². The topological polar surface area (TPSA) is 282 Å². The highest BCUT2D eigenvalue weighted by molar-refractivity contribution is 7.47. The lowest BCUT2D eigenvalue weighted by molar-refractivity contribution is -0.216. The third-order valence-corrected chi connectivity index (χ3v) is 12.0. The van der Waals surface area contributed by atoms with Gasteiger partial charge in [-0.1, -0.05) is 148 Å². The lowest BCUT2D eigenvalue weighted by atomic mass is 9.85. The van der Waals surface area contributed by atoms with E-state index in [0.717, 1.165) is 64.3 Å². The first-order valence-corrected chi connectivity index (χ1v) is 25.3. The highest BCUT2D eigenvalue weighted by Gasteiger charge is 2.54. The number of nitrogens with two attached hydrogens (primary N) is 1. The fraction of sp³-hybridized carbons (Fsp3) is 0.950. The Hall–Kier alpha value is -1.04. The molecule has 17 nitrogen and oxygen atoms in total. The number of unbranched alkanes of at least 4 members (excludes halogenated alkanes) is 23. The molecule has 8 atom stereocenters. The molecule has 0 aromatic rings. The first-order chi connectivity index (χ1) is 28.1. The second-order valence-electron chi connectivity index (χ2n) is 15.9. The predicted molar refractivity (Wildman–Crippen MR) is 222 cm³/mol. The summed E-state index contributed by atoms with van der Waals surface area (Å²) in [4.78, 5) is 53.9. The Morgan fingerprint density at radius 3 is 1.27 bits per heavy atom. The van der Waals surface area contributed by atoms with Gasteiger partial charge in [0.25, 0.3) is 0 Å². The van der Waals surface area contributed by atoms with Crippen LogP contribution < -0.4 is 5.73 Å². The summed E-state index contributed by atoms with van der Waals surface area (Å²) in [6, 6.07) is 0. The minimum absolute atomic E-state index is 0.0539. The van der Waals surface area contributed by atoms with Crippen LogP contribution in [0.25, 0.3) is 0 Å². The van der Waals surface area contributed by atoms with E-state index in [1.807, 2.05) is 0 Å². The van der Waals surface area contributed by atoms with Crippen molar-refractivity contribution in [2.75, 3.05) is 19.8 Å². The molecule has 0 spiro atoms. The normalized spacial score (nSPS) is 22.5. The number of hydrogen-bond donors (Lipinski definition) is 8. The first kappa shape index (κ1) is 56.0. The van der Waals surface area contributed by atoms with Crippen LogP contribution in [0.3, 0.4) is 0 Å². The maximum Gasteiger partial charge on any atom is 0.472 e. The number of aliphatic hydroxyl groups is 4. The lowest BCUT2D eigenvalue weighted by Gasteiger charge is -2.43. The van der Waals surface area contributed by atoms with Gasteiger partial charge in [-0.2, -0.15) is 0 Å². The molecule has 1 rings (SSSR count). The SMILES string of the molecule is CCCCCCCCCCCCCCCC(=O)O[C@@H](COC(=O)CCCCCCCCCCCCCCN)COP(=O)(O)OC1C(O)[C@@H](O)C(OP(=O)(O)O)[C@@H](O)[C@H]1O. The number of rotatable bonds is 38. The molecule has 0 heterocycles. The fourth-order valence-electron chi connectivity index (χ4n) is 7.04. The molecule has 0 amide bonds. The molecule has 350 valence electrons. The minimum atomic E-state index is -5.30. The summed E-state index contributed by atoms with van der Waals surface area (Å²) in [5.41, 5.74) is 5.53. The molecule has 59 heavy (non-hydrogen) atoms. The van der Waals surface area contributed by atoms with Gasteiger partial charge in [-0.25, -0.2) is 9.13 Å². The van der Waals surface area contributed by atoms with Crippen LogP contribution in [0, 0.1) is 0 Å². The number of carbonyl (C=O) groups excluding carboxylic acids is 2. The van der Waals surface area contributed by atoms with Crippen LogP contribution in [-0.4, -0.2) is 110 Å². The third-order valence-electron chi connectivity index (χ3n) is 10.5. The maximum atomic E-state index is 12.9. The molecular formula is C40H79NO16P2. The van der Waals surface area contributed by atoms with Gasteiger partial charge in [0.15, 0.2) is 6.10 Å². The Morgan fingerprint density at radius 1 is 0.525 bits per heavy atom. The number of phosphoric acid groups is 2. The smallest absolute Gasteiger partial charge is 0.462 e. The van der Waals surface area contributed by atoms with Crippen molar-refractivity contribution in [3.63, 3.8) is 0 Å². The molecule has 1 aliphatic carbocycles. The van der Waals surface area contributed by atoms with Crippen LogP contribution in [0.15, 0.2) is 0 Å². The van der Waals surface area contributed by atoms with E-state index < -0.39 is 83.5 Å². The molecule has 0 aliphatic heterocycles. The summed E-state index contributed by atoms with van der Waals surface area (Å²) in [5.74, 6) is -1.19. The molecule has 1 saturated carbocycles. The Balaban J connectivity index is 2.59. The maximum absolute atomic E-state index is 12.9. The second-order valence-corrected chi connectivity index (χ2v) is 18.5. The molecule has 4 unspecified atom stereocenters. The molecule has 0 radical (unpaired) electrons. The van der Waals surface area contributed by atoms with Crippen LogP contribution in [0.5, 0.6) is 0 Å². The van der Waals surface area contributed by atoms with Gasteiger partial charge in [0.2, 0.25) is 0 Å². The summed E-state index contributed by atoms with van der Waals surface area (Å²) in [7, 11) is -10.6. The molecule has 19 heteroatoms. The zero-order chi connectivity index (χ0) is 43.9. The first-order valence-electron chi connectivity index (χ1n) is 22.3. The molecule has 0 aromatic heterocycles. The van der Waals surface area contributed by atoms with Crippen molar-refractivity contribution in [3.8, 4) is 0 Å². The van der Waals surface area contributed by atoms with E-state index in [0.29, 0.717) is 12.8 Å². The fourth-order valence-corrected chi connectivity index (χ4v) is 8.58. The number of phosphoric ester groups is 2. The lowest BCUT2D eigenvalue weighted by Crippen LogP contribution is -2.64. The van der Waals surface area contributed by atoms with E-state index in [1.165, 1.54) is 89.9 Å². The summed E-state index contributed by atoms with van der Waals surface area (Å²) in [5, 5.41) is 41.4. The van der Waals surface area contributed by atoms with Crippen molar-refractivity contribution < 1.29 is 76.9 Å². The highest BCUT2D eigenvalue weighted by atomic mass is 31.2. The van der Waals surface area contributed by atoms with E-state index in [9.17, 15) is 44.0 Å². The number of hydrogen-bond acceptors (Lipinski definition) is 14. The Morgan fingerprint density at radius 2 is 0.881 bits per heavy atom. The molecule has 0 saturated heterocycles. The van der Waals surface area contributed by atoms with Gasteiger partial charge in [0, 0.05) is 12.8 Å². The monoisotopic (exact) mass is 891 g/mol. The molecular weight excluding hydrogens is 812 g/mol. The van der Waals surface area contributed by atoms with Gasteiger partial charge in [0.1, 0.15) is 43.2 Å². The zero-order valence-electron chi connectivity index (χ0n) is 35.5. The van der Waals surface area contributed by atoms with Crippen LogP contribution >= 0.6 is 15.6 Å². The third kappa shape index (κ3) is 28.3. The summed E-state index contributed by atoms with van der Waals surface area (Å²) in [6.07, 6.45) is 13.1. The summed E-state index contributed by atoms with van der Waals surface area (Å²) in [6.45, 7) is 1.66. The number of ether oxygens (including phenoxy) is 2.